The first kappa shape index (κ1) is 12.1. The van der Waals surface area contributed by atoms with E-state index in [1.807, 2.05) is 18.2 Å². The number of halogens is 1. The second-order valence-corrected chi connectivity index (χ2v) is 4.41. The van der Waals surface area contributed by atoms with Gasteiger partial charge in [-0.3, -0.25) is 4.79 Å². The Hall–Kier alpha value is -1.32. The molecule has 1 aliphatic heterocycles. The quantitative estimate of drug-likeness (QED) is 0.823. The van der Waals surface area contributed by atoms with E-state index in [-0.39, 0.29) is 18.5 Å². The van der Waals surface area contributed by atoms with Gasteiger partial charge in [0.1, 0.15) is 6.10 Å². The van der Waals surface area contributed by atoms with Crippen molar-refractivity contribution >= 4 is 23.6 Å². The molecule has 2 atom stereocenters. The Kier molecular flexibility index (Phi) is 3.82. The molecule has 0 aliphatic carbocycles. The van der Waals surface area contributed by atoms with Crippen molar-refractivity contribution in [3.8, 4) is 0 Å². The van der Waals surface area contributed by atoms with Crippen LogP contribution in [0.1, 0.15) is 18.4 Å². The van der Waals surface area contributed by atoms with Crippen molar-refractivity contribution in [2.24, 2.45) is 0 Å². The number of hydrogen-bond acceptors (Lipinski definition) is 3. The van der Waals surface area contributed by atoms with Crippen LogP contribution in [0.5, 0.6) is 0 Å². The summed E-state index contributed by atoms with van der Waals surface area (Å²) in [6.07, 6.45) is 3.09. The minimum absolute atomic E-state index is 0.0798. The Bertz CT molecular complexity index is 442. The van der Waals surface area contributed by atoms with Gasteiger partial charge in [-0.05, 0) is 17.7 Å². The third-order valence-corrected chi connectivity index (χ3v) is 2.93. The maximum Gasteiger partial charge on any atom is 0.309 e. The van der Waals surface area contributed by atoms with Crippen LogP contribution in [-0.2, 0) is 9.53 Å². The molecule has 0 unspecified atom stereocenters. The number of aliphatic hydroxyl groups is 1. The monoisotopic (exact) mass is 252 g/mol. The smallest absolute Gasteiger partial charge is 0.309 e. The number of ether oxygens (including phenoxy) is 1. The molecule has 0 radical (unpaired) electrons. The molecule has 1 aliphatic rings. The Labute approximate surface area is 105 Å². The lowest BCUT2D eigenvalue weighted by molar-refractivity contribution is -0.156. The molecule has 0 saturated carbocycles. The van der Waals surface area contributed by atoms with Gasteiger partial charge in [0.2, 0.25) is 0 Å². The number of carbonyl (C=O) groups excluding carboxylic acids is 1. The van der Waals surface area contributed by atoms with E-state index in [0.29, 0.717) is 11.4 Å². The summed E-state index contributed by atoms with van der Waals surface area (Å²) in [7, 11) is 0. The van der Waals surface area contributed by atoms with Gasteiger partial charge in [-0.2, -0.15) is 0 Å². The molecule has 0 spiro atoms. The lowest BCUT2D eigenvalue weighted by Gasteiger charge is -2.23. The van der Waals surface area contributed by atoms with Gasteiger partial charge in [-0.1, -0.05) is 35.9 Å². The highest BCUT2D eigenvalue weighted by Gasteiger charge is 2.25. The van der Waals surface area contributed by atoms with Gasteiger partial charge in [0.15, 0.2) is 0 Å². The molecule has 2 rings (SSSR count). The van der Waals surface area contributed by atoms with E-state index in [1.165, 1.54) is 0 Å². The van der Waals surface area contributed by atoms with Gasteiger partial charge in [-0.25, -0.2) is 0 Å². The van der Waals surface area contributed by atoms with Crippen LogP contribution in [0.15, 0.2) is 30.3 Å². The van der Waals surface area contributed by atoms with Crippen LogP contribution in [0.4, 0.5) is 0 Å². The molecule has 0 amide bonds. The zero-order valence-electron chi connectivity index (χ0n) is 9.17. The third-order valence-electron chi connectivity index (χ3n) is 2.59. The fraction of sp³-hybridized carbons (Fsp3) is 0.308. The molecule has 4 heteroatoms. The van der Waals surface area contributed by atoms with E-state index in [2.05, 4.69) is 0 Å². The minimum atomic E-state index is -0.614. The van der Waals surface area contributed by atoms with E-state index < -0.39 is 6.10 Å². The second kappa shape index (κ2) is 5.34. The Morgan fingerprint density at radius 2 is 2.18 bits per heavy atom. The number of aliphatic hydroxyl groups excluding tert-OH is 1. The average Bonchev–Trinajstić information content (AvgIpc) is 2.27. The summed E-state index contributed by atoms with van der Waals surface area (Å²) in [5.41, 5.74) is 0.866. The minimum Gasteiger partial charge on any atom is -0.458 e. The average molecular weight is 253 g/mol. The molecule has 17 heavy (non-hydrogen) atoms. The zero-order chi connectivity index (χ0) is 12.3. The fourth-order valence-corrected chi connectivity index (χ4v) is 1.95. The molecule has 1 heterocycles. The van der Waals surface area contributed by atoms with Crippen LogP contribution in [0, 0.1) is 0 Å². The van der Waals surface area contributed by atoms with Gasteiger partial charge in [-0.15, -0.1) is 0 Å². The molecule has 1 N–H and O–H groups in total. The van der Waals surface area contributed by atoms with E-state index in [9.17, 15) is 9.90 Å². The summed E-state index contributed by atoms with van der Waals surface area (Å²) in [5.74, 6) is -0.363. The van der Waals surface area contributed by atoms with Crippen LogP contribution in [0.2, 0.25) is 5.02 Å². The van der Waals surface area contributed by atoms with E-state index >= 15 is 0 Å². The summed E-state index contributed by atoms with van der Waals surface area (Å²) in [6, 6.07) is 7.40. The van der Waals surface area contributed by atoms with Crippen molar-refractivity contribution in [1.82, 2.24) is 0 Å². The number of rotatable bonds is 2. The lowest BCUT2D eigenvalue weighted by atomic mass is 10.0. The largest absolute Gasteiger partial charge is 0.458 e. The van der Waals surface area contributed by atoms with Crippen LogP contribution in [0.3, 0.4) is 0 Å². The molecule has 1 saturated heterocycles. The standard InChI is InChI=1S/C13H13ClO3/c14-12-4-2-1-3-9(12)5-6-11-7-10(15)8-13(16)17-11/h1-6,10-11,15H,7-8H2/b6-5+/t10-,11-/m1/s1. The number of cyclic esters (lactones) is 1. The molecule has 1 fully saturated rings. The highest BCUT2D eigenvalue weighted by Crippen LogP contribution is 2.20. The van der Waals surface area contributed by atoms with Gasteiger partial charge in [0, 0.05) is 11.4 Å². The van der Waals surface area contributed by atoms with Gasteiger partial charge < -0.3 is 9.84 Å². The Balaban J connectivity index is 2.05. The van der Waals surface area contributed by atoms with Gasteiger partial charge >= 0.3 is 5.97 Å². The maximum atomic E-state index is 11.1. The van der Waals surface area contributed by atoms with E-state index in [1.54, 1.807) is 18.2 Å². The molecule has 1 aromatic rings. The number of benzene rings is 1. The second-order valence-electron chi connectivity index (χ2n) is 4.00. The van der Waals surface area contributed by atoms with Crippen LogP contribution >= 0.6 is 11.6 Å². The van der Waals surface area contributed by atoms with Gasteiger partial charge in [0.05, 0.1) is 12.5 Å². The summed E-state index contributed by atoms with van der Waals surface area (Å²) in [6.45, 7) is 0. The highest BCUT2D eigenvalue weighted by atomic mass is 35.5. The molecule has 1 aromatic carbocycles. The number of hydrogen-bond donors (Lipinski definition) is 1. The molecular formula is C13H13ClO3. The topological polar surface area (TPSA) is 46.5 Å². The fourth-order valence-electron chi connectivity index (χ4n) is 1.75. The first-order chi connectivity index (χ1) is 8.15. The molecular weight excluding hydrogens is 240 g/mol. The van der Waals surface area contributed by atoms with Crippen molar-refractivity contribution in [3.63, 3.8) is 0 Å². The van der Waals surface area contributed by atoms with Crippen molar-refractivity contribution in [2.45, 2.75) is 25.0 Å². The molecule has 0 aromatic heterocycles. The Morgan fingerprint density at radius 3 is 2.88 bits per heavy atom. The van der Waals surface area contributed by atoms with Crippen LogP contribution < -0.4 is 0 Å². The van der Waals surface area contributed by atoms with Crippen molar-refractivity contribution < 1.29 is 14.6 Å². The molecule has 90 valence electrons. The summed E-state index contributed by atoms with van der Waals surface area (Å²) < 4.78 is 5.09. The predicted octanol–water partition coefficient (Wildman–Crippen LogP) is 2.42. The van der Waals surface area contributed by atoms with Crippen molar-refractivity contribution in [3.05, 3.63) is 40.9 Å². The number of esters is 1. The first-order valence-corrected chi connectivity index (χ1v) is 5.83. The van der Waals surface area contributed by atoms with Crippen molar-refractivity contribution in [2.75, 3.05) is 0 Å². The molecule has 3 nitrogen and oxygen atoms in total. The summed E-state index contributed by atoms with van der Waals surface area (Å²) in [5, 5.41) is 10.1. The summed E-state index contributed by atoms with van der Waals surface area (Å²) in [4.78, 5) is 11.1. The van der Waals surface area contributed by atoms with E-state index in [0.717, 1.165) is 5.56 Å². The third kappa shape index (κ3) is 3.32. The Morgan fingerprint density at radius 1 is 1.41 bits per heavy atom. The predicted molar refractivity (Wildman–Crippen MR) is 65.6 cm³/mol. The number of carbonyl (C=O) groups is 1. The first-order valence-electron chi connectivity index (χ1n) is 5.45. The SMILES string of the molecule is O=C1C[C@H](O)C[C@@H](/C=C/c2ccccc2Cl)O1. The lowest BCUT2D eigenvalue weighted by Crippen LogP contribution is -2.31. The van der Waals surface area contributed by atoms with Crippen LogP contribution in [0.25, 0.3) is 6.08 Å². The summed E-state index contributed by atoms with van der Waals surface area (Å²) >= 11 is 5.99. The maximum absolute atomic E-state index is 11.1. The van der Waals surface area contributed by atoms with E-state index in [4.69, 9.17) is 16.3 Å². The molecule has 0 bridgehead atoms. The highest BCUT2D eigenvalue weighted by molar-refractivity contribution is 6.32. The van der Waals surface area contributed by atoms with Crippen LogP contribution in [-0.4, -0.2) is 23.3 Å². The van der Waals surface area contributed by atoms with Gasteiger partial charge in [0.25, 0.3) is 0 Å². The van der Waals surface area contributed by atoms with Crippen molar-refractivity contribution in [1.29, 1.82) is 0 Å². The zero-order valence-corrected chi connectivity index (χ0v) is 9.93. The normalized spacial score (nSPS) is 24.9.